The van der Waals surface area contributed by atoms with E-state index in [9.17, 15) is 9.59 Å². The number of hydrogen-bond donors (Lipinski definition) is 1. The van der Waals surface area contributed by atoms with E-state index in [1.54, 1.807) is 44.4 Å². The summed E-state index contributed by atoms with van der Waals surface area (Å²) in [7, 11) is 3.44. The van der Waals surface area contributed by atoms with Gasteiger partial charge in [0.05, 0.1) is 10.6 Å². The molecule has 23 heavy (non-hydrogen) atoms. The fraction of sp³-hybridized carbons (Fsp3) is 0.222. The largest absolute Gasteiger partial charge is 0.352 e. The summed E-state index contributed by atoms with van der Waals surface area (Å²) in [6.07, 6.45) is 0.644. The Labute approximate surface area is 141 Å². The predicted molar refractivity (Wildman–Crippen MR) is 91.9 cm³/mol. The van der Waals surface area contributed by atoms with Crippen LogP contribution in [0.1, 0.15) is 26.3 Å². The molecular weight excluding hydrogens is 312 g/mol. The molecular formula is C18H19ClN2O2. The van der Waals surface area contributed by atoms with Gasteiger partial charge >= 0.3 is 0 Å². The minimum absolute atomic E-state index is 0.0352. The van der Waals surface area contributed by atoms with E-state index in [4.69, 9.17) is 11.6 Å². The van der Waals surface area contributed by atoms with Crippen LogP contribution < -0.4 is 5.32 Å². The molecule has 0 saturated heterocycles. The van der Waals surface area contributed by atoms with Crippen LogP contribution in [-0.4, -0.2) is 37.4 Å². The smallest absolute Gasteiger partial charge is 0.253 e. The van der Waals surface area contributed by atoms with Crippen LogP contribution in [0.4, 0.5) is 0 Å². The minimum Gasteiger partial charge on any atom is -0.352 e. The highest BCUT2D eigenvalue weighted by molar-refractivity contribution is 6.33. The van der Waals surface area contributed by atoms with Crippen LogP contribution in [0.15, 0.2) is 48.5 Å². The van der Waals surface area contributed by atoms with Crippen molar-refractivity contribution >= 4 is 23.4 Å². The van der Waals surface area contributed by atoms with Gasteiger partial charge in [-0.3, -0.25) is 9.59 Å². The van der Waals surface area contributed by atoms with Crippen molar-refractivity contribution in [2.75, 3.05) is 20.6 Å². The summed E-state index contributed by atoms with van der Waals surface area (Å²) < 4.78 is 0. The van der Waals surface area contributed by atoms with Gasteiger partial charge in [-0.15, -0.1) is 0 Å². The zero-order valence-electron chi connectivity index (χ0n) is 13.2. The Morgan fingerprint density at radius 1 is 1.09 bits per heavy atom. The normalized spacial score (nSPS) is 10.2. The molecule has 1 N–H and O–H groups in total. The first-order valence-corrected chi connectivity index (χ1v) is 7.70. The van der Waals surface area contributed by atoms with Crippen molar-refractivity contribution in [3.63, 3.8) is 0 Å². The average Bonchev–Trinajstić information content (AvgIpc) is 2.54. The van der Waals surface area contributed by atoms with E-state index in [1.807, 2.05) is 18.2 Å². The molecule has 120 valence electrons. The average molecular weight is 331 g/mol. The van der Waals surface area contributed by atoms with Gasteiger partial charge in [0, 0.05) is 26.2 Å². The van der Waals surface area contributed by atoms with Gasteiger partial charge in [0.1, 0.15) is 0 Å². The van der Waals surface area contributed by atoms with Gasteiger partial charge in [0.25, 0.3) is 11.8 Å². The fourth-order valence-electron chi connectivity index (χ4n) is 2.18. The SMILES string of the molecule is CN(C)C(=O)c1cccc(CCNC(=O)c2ccccc2Cl)c1. The number of nitrogens with zero attached hydrogens (tertiary/aromatic N) is 1. The third-order valence-corrected chi connectivity index (χ3v) is 3.73. The van der Waals surface area contributed by atoms with Crippen molar-refractivity contribution in [2.45, 2.75) is 6.42 Å². The molecule has 0 spiro atoms. The zero-order chi connectivity index (χ0) is 16.8. The molecule has 0 aliphatic rings. The van der Waals surface area contributed by atoms with Crippen LogP contribution >= 0.6 is 11.6 Å². The fourth-order valence-corrected chi connectivity index (χ4v) is 2.40. The molecule has 0 aromatic heterocycles. The number of halogens is 1. The second kappa shape index (κ2) is 7.79. The number of amides is 2. The summed E-state index contributed by atoms with van der Waals surface area (Å²) in [6, 6.07) is 14.4. The Kier molecular flexibility index (Phi) is 5.77. The first kappa shape index (κ1) is 17.0. The number of nitrogens with one attached hydrogen (secondary N) is 1. The number of hydrogen-bond acceptors (Lipinski definition) is 2. The molecule has 0 unspecified atom stereocenters. The van der Waals surface area contributed by atoms with Gasteiger partial charge in [-0.05, 0) is 36.2 Å². The second-order valence-corrected chi connectivity index (χ2v) is 5.79. The maximum Gasteiger partial charge on any atom is 0.253 e. The molecule has 0 aliphatic carbocycles. The molecule has 0 bridgehead atoms. The standard InChI is InChI=1S/C18H19ClN2O2/c1-21(2)18(23)14-7-5-6-13(12-14)10-11-20-17(22)15-8-3-4-9-16(15)19/h3-9,12H,10-11H2,1-2H3,(H,20,22). The van der Waals surface area contributed by atoms with E-state index in [1.165, 1.54) is 4.90 Å². The van der Waals surface area contributed by atoms with Gasteiger partial charge in [-0.1, -0.05) is 35.9 Å². The molecule has 2 aromatic rings. The van der Waals surface area contributed by atoms with Crippen LogP contribution in [0.25, 0.3) is 0 Å². The van der Waals surface area contributed by atoms with Crippen LogP contribution in [0.5, 0.6) is 0 Å². The molecule has 4 nitrogen and oxygen atoms in total. The van der Waals surface area contributed by atoms with Crippen LogP contribution in [-0.2, 0) is 6.42 Å². The van der Waals surface area contributed by atoms with Crippen molar-refractivity contribution in [1.82, 2.24) is 10.2 Å². The molecule has 0 aliphatic heterocycles. The lowest BCUT2D eigenvalue weighted by atomic mass is 10.1. The number of carbonyl (C=O) groups excluding carboxylic acids is 2. The third-order valence-electron chi connectivity index (χ3n) is 3.40. The summed E-state index contributed by atoms with van der Waals surface area (Å²) in [5.41, 5.74) is 2.10. The van der Waals surface area contributed by atoms with E-state index >= 15 is 0 Å². The highest BCUT2D eigenvalue weighted by atomic mass is 35.5. The quantitative estimate of drug-likeness (QED) is 0.916. The number of rotatable bonds is 5. The van der Waals surface area contributed by atoms with Crippen LogP contribution in [0, 0.1) is 0 Å². The summed E-state index contributed by atoms with van der Waals surface area (Å²) >= 11 is 6.00. The van der Waals surface area contributed by atoms with E-state index in [-0.39, 0.29) is 11.8 Å². The third kappa shape index (κ3) is 4.57. The highest BCUT2D eigenvalue weighted by Gasteiger charge is 2.10. The Balaban J connectivity index is 1.94. The molecule has 2 amide bonds. The molecule has 0 saturated carbocycles. The monoisotopic (exact) mass is 330 g/mol. The number of benzene rings is 2. The van der Waals surface area contributed by atoms with Crippen molar-refractivity contribution in [3.05, 3.63) is 70.2 Å². The van der Waals surface area contributed by atoms with Crippen LogP contribution in [0.2, 0.25) is 5.02 Å². The Bertz CT molecular complexity index is 714. The Morgan fingerprint density at radius 2 is 1.83 bits per heavy atom. The van der Waals surface area contributed by atoms with Crippen molar-refractivity contribution in [2.24, 2.45) is 0 Å². The van der Waals surface area contributed by atoms with Crippen molar-refractivity contribution < 1.29 is 9.59 Å². The van der Waals surface area contributed by atoms with Crippen LogP contribution in [0.3, 0.4) is 0 Å². The summed E-state index contributed by atoms with van der Waals surface area (Å²) in [4.78, 5) is 25.5. The van der Waals surface area contributed by atoms with E-state index in [2.05, 4.69) is 5.32 Å². The second-order valence-electron chi connectivity index (χ2n) is 5.39. The Hall–Kier alpha value is -2.33. The maximum absolute atomic E-state index is 12.1. The molecule has 0 radical (unpaired) electrons. The Morgan fingerprint density at radius 3 is 2.52 bits per heavy atom. The van der Waals surface area contributed by atoms with E-state index < -0.39 is 0 Å². The van der Waals surface area contributed by atoms with E-state index in [0.29, 0.717) is 29.1 Å². The zero-order valence-corrected chi connectivity index (χ0v) is 13.9. The molecule has 5 heteroatoms. The molecule has 2 aromatic carbocycles. The maximum atomic E-state index is 12.1. The van der Waals surface area contributed by atoms with Gasteiger partial charge in [0.15, 0.2) is 0 Å². The van der Waals surface area contributed by atoms with Gasteiger partial charge in [-0.25, -0.2) is 0 Å². The van der Waals surface area contributed by atoms with Gasteiger partial charge in [0.2, 0.25) is 0 Å². The first-order valence-electron chi connectivity index (χ1n) is 7.32. The predicted octanol–water partition coefficient (Wildman–Crippen LogP) is 3.01. The number of carbonyl (C=O) groups is 2. The van der Waals surface area contributed by atoms with Gasteiger partial charge < -0.3 is 10.2 Å². The van der Waals surface area contributed by atoms with Crippen molar-refractivity contribution in [1.29, 1.82) is 0 Å². The van der Waals surface area contributed by atoms with E-state index in [0.717, 1.165) is 5.56 Å². The molecule has 0 fully saturated rings. The lowest BCUT2D eigenvalue weighted by Crippen LogP contribution is -2.26. The minimum atomic E-state index is -0.198. The lowest BCUT2D eigenvalue weighted by Gasteiger charge is -2.11. The van der Waals surface area contributed by atoms with Crippen molar-refractivity contribution in [3.8, 4) is 0 Å². The molecule has 2 rings (SSSR count). The van der Waals surface area contributed by atoms with Gasteiger partial charge in [-0.2, -0.15) is 0 Å². The summed E-state index contributed by atoms with van der Waals surface area (Å²) in [6.45, 7) is 0.476. The molecule has 0 heterocycles. The summed E-state index contributed by atoms with van der Waals surface area (Å²) in [5.74, 6) is -0.233. The first-order chi connectivity index (χ1) is 11.0. The molecule has 0 atom stereocenters. The summed E-state index contributed by atoms with van der Waals surface area (Å²) in [5, 5.41) is 3.27. The lowest BCUT2D eigenvalue weighted by molar-refractivity contribution is 0.0827. The highest BCUT2D eigenvalue weighted by Crippen LogP contribution is 2.14. The topological polar surface area (TPSA) is 49.4 Å².